The molecule has 0 N–H and O–H groups in total. The van der Waals surface area contributed by atoms with E-state index in [0.29, 0.717) is 36.2 Å². The molecule has 2 heterocycles. The van der Waals surface area contributed by atoms with Crippen LogP contribution in [0.15, 0.2) is 29.0 Å². The van der Waals surface area contributed by atoms with Crippen molar-refractivity contribution >= 4 is 34.2 Å². The van der Waals surface area contributed by atoms with Gasteiger partial charge in [0.25, 0.3) is 0 Å². The number of nitrogens with zero attached hydrogens (tertiary/aromatic N) is 4. The Morgan fingerprint density at radius 1 is 1.25 bits per heavy atom. The van der Waals surface area contributed by atoms with Crippen LogP contribution in [-0.4, -0.2) is 25.6 Å². The van der Waals surface area contributed by atoms with E-state index in [2.05, 4.69) is 19.7 Å². The molecule has 0 fully saturated rings. The van der Waals surface area contributed by atoms with Crippen LogP contribution >= 0.6 is 23.2 Å². The van der Waals surface area contributed by atoms with Gasteiger partial charge < -0.3 is 9.09 Å². The topological polar surface area (TPSA) is 56.7 Å². The van der Waals surface area contributed by atoms with Crippen LogP contribution in [0.1, 0.15) is 11.7 Å². The number of para-hydroxylation sites is 1. The first kappa shape index (κ1) is 13.4. The predicted molar refractivity (Wildman–Crippen MR) is 77.2 cm³/mol. The van der Waals surface area contributed by atoms with Crippen molar-refractivity contribution in [1.29, 1.82) is 0 Å². The van der Waals surface area contributed by atoms with Gasteiger partial charge in [-0.3, -0.25) is 0 Å². The third-order valence-corrected chi connectivity index (χ3v) is 3.56. The molecule has 0 unspecified atom stereocenters. The molecule has 0 aliphatic rings. The monoisotopic (exact) mass is 310 g/mol. The number of fused-ring (bicyclic) bond motifs is 1. The average Bonchev–Trinajstić information content (AvgIpc) is 3.05. The lowest BCUT2D eigenvalue weighted by Gasteiger charge is -2.07. The highest BCUT2D eigenvalue weighted by molar-refractivity contribution is 6.35. The van der Waals surface area contributed by atoms with E-state index in [1.807, 2.05) is 18.2 Å². The maximum atomic E-state index is 6.29. The van der Waals surface area contributed by atoms with Crippen LogP contribution in [-0.2, 0) is 19.4 Å². The lowest BCUT2D eigenvalue weighted by Crippen LogP contribution is -2.07. The van der Waals surface area contributed by atoms with E-state index in [-0.39, 0.29) is 0 Å². The fourth-order valence-corrected chi connectivity index (χ4v) is 2.66. The second kappa shape index (κ2) is 5.81. The first-order valence-electron chi connectivity index (χ1n) is 6.24. The predicted octanol–water partition coefficient (Wildman–Crippen LogP) is 3.10. The Morgan fingerprint density at radius 3 is 2.90 bits per heavy atom. The van der Waals surface area contributed by atoms with Gasteiger partial charge >= 0.3 is 0 Å². The van der Waals surface area contributed by atoms with Gasteiger partial charge in [-0.15, -0.1) is 11.6 Å². The Balaban J connectivity index is 1.99. The summed E-state index contributed by atoms with van der Waals surface area (Å²) in [6, 6.07) is 5.70. The van der Waals surface area contributed by atoms with Gasteiger partial charge in [0.05, 0.1) is 16.1 Å². The zero-order chi connectivity index (χ0) is 13.9. The molecular weight excluding hydrogens is 299 g/mol. The molecule has 20 heavy (non-hydrogen) atoms. The van der Waals surface area contributed by atoms with Gasteiger partial charge in [-0.25, -0.2) is 4.98 Å². The van der Waals surface area contributed by atoms with Gasteiger partial charge in [-0.05, 0) is 12.1 Å². The van der Waals surface area contributed by atoms with E-state index < -0.39 is 0 Å². The minimum Gasteiger partial charge on any atom is -0.340 e. The molecule has 104 valence electrons. The largest absolute Gasteiger partial charge is 0.340 e. The van der Waals surface area contributed by atoms with Crippen molar-refractivity contribution in [2.75, 3.05) is 5.88 Å². The molecule has 0 bridgehead atoms. The Bertz CT molecular complexity index is 709. The summed E-state index contributed by atoms with van der Waals surface area (Å²) >= 11 is 12.1. The van der Waals surface area contributed by atoms with Crippen molar-refractivity contribution in [2.45, 2.75) is 19.4 Å². The number of aryl methyl sites for hydroxylation is 3. The molecule has 0 aliphatic heterocycles. The highest BCUT2D eigenvalue weighted by Crippen LogP contribution is 2.25. The van der Waals surface area contributed by atoms with Crippen molar-refractivity contribution in [3.05, 3.63) is 41.3 Å². The van der Waals surface area contributed by atoms with Crippen LogP contribution in [0.2, 0.25) is 5.02 Å². The number of rotatable bonds is 5. The van der Waals surface area contributed by atoms with Crippen molar-refractivity contribution in [3.8, 4) is 0 Å². The van der Waals surface area contributed by atoms with E-state index >= 15 is 0 Å². The highest BCUT2D eigenvalue weighted by Gasteiger charge is 2.13. The summed E-state index contributed by atoms with van der Waals surface area (Å²) < 4.78 is 7.09. The minimum absolute atomic E-state index is 0.515. The van der Waals surface area contributed by atoms with Crippen LogP contribution in [0.3, 0.4) is 0 Å². The maximum absolute atomic E-state index is 6.29. The van der Waals surface area contributed by atoms with Crippen LogP contribution in [0.25, 0.3) is 11.0 Å². The van der Waals surface area contributed by atoms with Crippen molar-refractivity contribution in [2.24, 2.45) is 0 Å². The molecule has 0 spiro atoms. The number of alkyl halides is 1. The number of imidazole rings is 1. The second-order valence-corrected chi connectivity index (χ2v) is 5.10. The molecule has 0 aliphatic carbocycles. The van der Waals surface area contributed by atoms with Crippen molar-refractivity contribution in [3.63, 3.8) is 0 Å². The number of benzene rings is 1. The molecule has 0 amide bonds. The van der Waals surface area contributed by atoms with Gasteiger partial charge in [0.15, 0.2) is 6.33 Å². The number of hydrogen-bond acceptors (Lipinski definition) is 4. The Hall–Kier alpha value is -1.59. The average molecular weight is 311 g/mol. The zero-order valence-electron chi connectivity index (χ0n) is 10.6. The quantitative estimate of drug-likeness (QED) is 0.679. The Labute approximate surface area is 125 Å². The third-order valence-electron chi connectivity index (χ3n) is 3.07. The first-order valence-corrected chi connectivity index (χ1v) is 7.16. The minimum atomic E-state index is 0.515. The fourth-order valence-electron chi connectivity index (χ4n) is 2.22. The van der Waals surface area contributed by atoms with Gasteiger partial charge in [0.1, 0.15) is 5.82 Å². The van der Waals surface area contributed by atoms with Gasteiger partial charge in [-0.1, -0.05) is 22.8 Å². The van der Waals surface area contributed by atoms with E-state index in [4.69, 9.17) is 27.7 Å². The standard InChI is InChI=1S/C13H12Cl2N4O/c14-6-4-11-18-10-3-1-2-9(15)13(10)19(11)7-5-12-16-8-17-20-12/h1-3,8H,4-7H2. The summed E-state index contributed by atoms with van der Waals surface area (Å²) in [6.07, 6.45) is 2.72. The van der Waals surface area contributed by atoms with Crippen LogP contribution in [0, 0.1) is 0 Å². The van der Waals surface area contributed by atoms with Gasteiger partial charge in [-0.2, -0.15) is 4.98 Å². The Kier molecular flexibility index (Phi) is 3.89. The zero-order valence-corrected chi connectivity index (χ0v) is 12.1. The van der Waals surface area contributed by atoms with Crippen LogP contribution < -0.4 is 0 Å². The second-order valence-electron chi connectivity index (χ2n) is 4.31. The normalized spacial score (nSPS) is 11.3. The Morgan fingerprint density at radius 2 is 2.15 bits per heavy atom. The molecule has 3 aromatic rings. The summed E-state index contributed by atoms with van der Waals surface area (Å²) in [5, 5.41) is 4.28. The van der Waals surface area contributed by atoms with Crippen molar-refractivity contribution in [1.82, 2.24) is 19.7 Å². The maximum Gasteiger partial charge on any atom is 0.228 e. The number of aromatic nitrogens is 4. The molecule has 7 heteroatoms. The van der Waals surface area contributed by atoms with E-state index in [1.54, 1.807) is 0 Å². The smallest absolute Gasteiger partial charge is 0.228 e. The lowest BCUT2D eigenvalue weighted by molar-refractivity contribution is 0.371. The van der Waals surface area contributed by atoms with Gasteiger partial charge in [0.2, 0.25) is 5.89 Å². The third kappa shape index (κ3) is 2.51. The van der Waals surface area contributed by atoms with E-state index in [1.165, 1.54) is 6.33 Å². The molecule has 3 rings (SSSR count). The molecule has 1 aromatic carbocycles. The van der Waals surface area contributed by atoms with Crippen LogP contribution in [0.4, 0.5) is 0 Å². The van der Waals surface area contributed by atoms with Gasteiger partial charge in [0, 0.05) is 25.3 Å². The summed E-state index contributed by atoms with van der Waals surface area (Å²) in [5.41, 5.74) is 1.80. The molecule has 5 nitrogen and oxygen atoms in total. The fraction of sp³-hybridized carbons (Fsp3) is 0.308. The molecule has 2 aromatic heterocycles. The van der Waals surface area contributed by atoms with Crippen molar-refractivity contribution < 1.29 is 4.52 Å². The molecule has 0 radical (unpaired) electrons. The summed E-state index contributed by atoms with van der Waals surface area (Å²) in [6.45, 7) is 0.675. The SMILES string of the molecule is ClCCc1nc2cccc(Cl)c2n1CCc1ncno1. The van der Waals surface area contributed by atoms with Crippen LogP contribution in [0.5, 0.6) is 0 Å². The number of hydrogen-bond donors (Lipinski definition) is 0. The first-order chi connectivity index (χ1) is 9.79. The highest BCUT2D eigenvalue weighted by atomic mass is 35.5. The van der Waals surface area contributed by atoms with E-state index in [9.17, 15) is 0 Å². The summed E-state index contributed by atoms with van der Waals surface area (Å²) in [7, 11) is 0. The molecule has 0 atom stereocenters. The lowest BCUT2D eigenvalue weighted by atomic mass is 10.3. The van der Waals surface area contributed by atoms with E-state index in [0.717, 1.165) is 16.9 Å². The molecule has 0 saturated heterocycles. The number of halogens is 2. The summed E-state index contributed by atoms with van der Waals surface area (Å²) in [5.74, 6) is 2.03. The summed E-state index contributed by atoms with van der Waals surface area (Å²) in [4.78, 5) is 8.61. The molecular formula is C13H12Cl2N4O. The molecule has 0 saturated carbocycles.